The largest absolute Gasteiger partial charge is 0.386 e. The lowest BCUT2D eigenvalue weighted by Gasteiger charge is -2.26. The van der Waals surface area contributed by atoms with E-state index < -0.39 is 35.3 Å². The van der Waals surface area contributed by atoms with Crippen molar-refractivity contribution in [1.29, 1.82) is 0 Å². The van der Waals surface area contributed by atoms with E-state index in [1.54, 1.807) is 0 Å². The topological polar surface area (TPSA) is 114 Å². The maximum atomic E-state index is 11.7. The molecule has 8 nitrogen and oxygen atoms in total. The van der Waals surface area contributed by atoms with E-state index in [0.717, 1.165) is 16.8 Å². The van der Waals surface area contributed by atoms with E-state index in [1.165, 1.54) is 7.11 Å². The van der Waals surface area contributed by atoms with Crippen molar-refractivity contribution in [1.82, 2.24) is 9.55 Å². The van der Waals surface area contributed by atoms with E-state index in [-0.39, 0.29) is 6.61 Å². The fraction of sp³-hybridized carbons (Fsp3) is 0.500. The number of aliphatic hydroxyl groups excluding tert-OH is 1. The molecule has 4 atom stereocenters. The van der Waals surface area contributed by atoms with Crippen LogP contribution in [0.2, 0.25) is 0 Å². The summed E-state index contributed by atoms with van der Waals surface area (Å²) in [4.78, 5) is 24.8. The highest BCUT2D eigenvalue weighted by Gasteiger charge is 2.55. The lowest BCUT2D eigenvalue weighted by Crippen LogP contribution is -2.48. The number of aliphatic hydroxyl groups is 2. The van der Waals surface area contributed by atoms with Gasteiger partial charge in [-0.3, -0.25) is 14.3 Å². The second kappa shape index (κ2) is 5.22. The average molecular weight is 282 g/mol. The smallest absolute Gasteiger partial charge is 0.330 e. The Hall–Kier alpha value is -1.92. The molecule has 1 aromatic rings. The molecule has 1 aromatic heterocycles. The lowest BCUT2D eigenvalue weighted by molar-refractivity contribution is -0.0785. The first-order chi connectivity index (χ1) is 9.43. The van der Waals surface area contributed by atoms with Crippen LogP contribution in [0.1, 0.15) is 6.23 Å². The summed E-state index contributed by atoms with van der Waals surface area (Å²) in [6.45, 7) is -0.0141. The first kappa shape index (κ1) is 14.5. The Labute approximate surface area is 113 Å². The third kappa shape index (κ3) is 2.17. The van der Waals surface area contributed by atoms with Gasteiger partial charge in [-0.1, -0.05) is 5.92 Å². The molecule has 0 spiro atoms. The number of H-pyrrole nitrogens is 1. The van der Waals surface area contributed by atoms with Crippen molar-refractivity contribution in [3.05, 3.63) is 33.1 Å². The van der Waals surface area contributed by atoms with Crippen molar-refractivity contribution in [2.45, 2.75) is 24.0 Å². The highest BCUT2D eigenvalue weighted by molar-refractivity contribution is 5.19. The molecule has 0 aromatic carbocycles. The molecule has 20 heavy (non-hydrogen) atoms. The van der Waals surface area contributed by atoms with Crippen LogP contribution in [-0.2, 0) is 9.47 Å². The fourth-order valence-corrected chi connectivity index (χ4v) is 2.11. The molecule has 1 fully saturated rings. The molecule has 0 saturated carbocycles. The molecule has 3 N–H and O–H groups in total. The number of terminal acetylenes is 1. The van der Waals surface area contributed by atoms with Crippen molar-refractivity contribution in [3.63, 3.8) is 0 Å². The number of methoxy groups -OCH3 is 1. The van der Waals surface area contributed by atoms with Gasteiger partial charge in [0.05, 0.1) is 6.61 Å². The summed E-state index contributed by atoms with van der Waals surface area (Å²) in [7, 11) is 1.39. The van der Waals surface area contributed by atoms with E-state index in [1.807, 2.05) is 10.9 Å². The molecule has 2 rings (SSSR count). The zero-order valence-corrected chi connectivity index (χ0v) is 10.6. The fourth-order valence-electron chi connectivity index (χ4n) is 2.11. The van der Waals surface area contributed by atoms with Crippen molar-refractivity contribution in [3.8, 4) is 12.3 Å². The lowest BCUT2D eigenvalue weighted by atomic mass is 9.95. The van der Waals surface area contributed by atoms with Gasteiger partial charge in [-0.25, -0.2) is 4.79 Å². The van der Waals surface area contributed by atoms with Crippen molar-refractivity contribution >= 4 is 0 Å². The summed E-state index contributed by atoms with van der Waals surface area (Å²) >= 11 is 0. The van der Waals surface area contributed by atoms with Gasteiger partial charge in [-0.15, -0.1) is 6.42 Å². The Bertz CT molecular complexity index is 644. The number of hydrogen-bond acceptors (Lipinski definition) is 6. The quantitative estimate of drug-likeness (QED) is 0.542. The molecule has 0 radical (unpaired) electrons. The van der Waals surface area contributed by atoms with E-state index in [4.69, 9.17) is 15.9 Å². The van der Waals surface area contributed by atoms with Gasteiger partial charge in [0, 0.05) is 19.4 Å². The normalized spacial score (nSPS) is 33.0. The van der Waals surface area contributed by atoms with E-state index >= 15 is 0 Å². The van der Waals surface area contributed by atoms with E-state index in [9.17, 15) is 19.8 Å². The van der Waals surface area contributed by atoms with Crippen LogP contribution in [0.25, 0.3) is 0 Å². The molecule has 0 aliphatic carbocycles. The SMILES string of the molecule is C#C[C@@]1(O)[C@H](O)[C@@H](COC)O[C@H]1n1ccc(=O)[nH]c1=O. The molecule has 0 unspecified atom stereocenters. The number of hydrogen-bond donors (Lipinski definition) is 3. The van der Waals surface area contributed by atoms with Gasteiger partial charge in [-0.2, -0.15) is 0 Å². The van der Waals surface area contributed by atoms with Gasteiger partial charge >= 0.3 is 5.69 Å². The summed E-state index contributed by atoms with van der Waals surface area (Å²) in [5.41, 5.74) is -3.51. The number of rotatable bonds is 3. The van der Waals surface area contributed by atoms with Gasteiger partial charge < -0.3 is 19.7 Å². The monoisotopic (exact) mass is 282 g/mol. The van der Waals surface area contributed by atoms with Crippen LogP contribution >= 0.6 is 0 Å². The van der Waals surface area contributed by atoms with Gasteiger partial charge in [0.2, 0.25) is 0 Å². The van der Waals surface area contributed by atoms with Crippen LogP contribution in [0.4, 0.5) is 0 Å². The zero-order chi connectivity index (χ0) is 14.9. The predicted molar refractivity (Wildman–Crippen MR) is 66.9 cm³/mol. The second-order valence-electron chi connectivity index (χ2n) is 4.41. The zero-order valence-electron chi connectivity index (χ0n) is 10.6. The van der Waals surface area contributed by atoms with Crippen LogP contribution in [-0.4, -0.2) is 51.3 Å². The van der Waals surface area contributed by atoms with E-state index in [0.29, 0.717) is 0 Å². The number of nitrogens with zero attached hydrogens (tertiary/aromatic N) is 1. The average Bonchev–Trinajstić information content (AvgIpc) is 2.65. The van der Waals surface area contributed by atoms with Crippen molar-refractivity contribution in [2.24, 2.45) is 0 Å². The van der Waals surface area contributed by atoms with Crippen molar-refractivity contribution in [2.75, 3.05) is 13.7 Å². The highest BCUT2D eigenvalue weighted by Crippen LogP contribution is 2.37. The molecule has 1 saturated heterocycles. The Morgan fingerprint density at radius 2 is 2.35 bits per heavy atom. The predicted octanol–water partition coefficient (Wildman–Crippen LogP) is -2.19. The third-order valence-electron chi connectivity index (χ3n) is 3.15. The standard InChI is InChI=1S/C12H14N2O6/c1-3-12(18)9(16)7(6-19-2)20-10(12)14-5-4-8(15)13-11(14)17/h1,4-5,7,9-10,16,18H,6H2,2H3,(H,13,15,17)/t7-,9-,10-,12-/m1/s1. The van der Waals surface area contributed by atoms with Gasteiger partial charge in [0.15, 0.2) is 11.8 Å². The molecular weight excluding hydrogens is 268 g/mol. The van der Waals surface area contributed by atoms with Crippen LogP contribution in [0.3, 0.4) is 0 Å². The van der Waals surface area contributed by atoms with Crippen LogP contribution in [0, 0.1) is 12.3 Å². The molecule has 0 amide bonds. The Kier molecular flexibility index (Phi) is 3.78. The van der Waals surface area contributed by atoms with Crippen LogP contribution in [0.15, 0.2) is 21.9 Å². The van der Waals surface area contributed by atoms with Crippen molar-refractivity contribution < 1.29 is 19.7 Å². The highest BCUT2D eigenvalue weighted by atomic mass is 16.6. The molecular formula is C12H14N2O6. The molecule has 8 heteroatoms. The number of aromatic amines is 1. The summed E-state index contributed by atoms with van der Waals surface area (Å²) in [5, 5.41) is 20.4. The molecule has 0 bridgehead atoms. The maximum absolute atomic E-state index is 11.7. The number of aromatic nitrogens is 2. The Morgan fingerprint density at radius 3 is 2.90 bits per heavy atom. The Morgan fingerprint density at radius 1 is 1.65 bits per heavy atom. The summed E-state index contributed by atoms with van der Waals surface area (Å²) < 4.78 is 11.2. The molecule has 2 heterocycles. The Balaban J connectivity index is 2.47. The third-order valence-corrected chi connectivity index (χ3v) is 3.15. The molecule has 108 valence electrons. The first-order valence-electron chi connectivity index (χ1n) is 5.78. The number of ether oxygens (including phenoxy) is 2. The van der Waals surface area contributed by atoms with E-state index in [2.05, 4.69) is 0 Å². The van der Waals surface area contributed by atoms with Gasteiger partial charge in [0.25, 0.3) is 5.56 Å². The molecule has 1 aliphatic rings. The second-order valence-corrected chi connectivity index (χ2v) is 4.41. The van der Waals surface area contributed by atoms with Gasteiger partial charge in [0.1, 0.15) is 12.2 Å². The minimum atomic E-state index is -2.11. The summed E-state index contributed by atoms with van der Waals surface area (Å²) in [6.07, 6.45) is 2.73. The van der Waals surface area contributed by atoms with Gasteiger partial charge in [-0.05, 0) is 0 Å². The minimum absolute atomic E-state index is 0.0141. The molecule has 1 aliphatic heterocycles. The summed E-state index contributed by atoms with van der Waals surface area (Å²) in [6, 6.07) is 1.08. The minimum Gasteiger partial charge on any atom is -0.386 e. The number of nitrogens with one attached hydrogen (secondary N) is 1. The summed E-state index contributed by atoms with van der Waals surface area (Å²) in [5.74, 6) is 2.04. The van der Waals surface area contributed by atoms with Crippen LogP contribution in [0.5, 0.6) is 0 Å². The first-order valence-corrected chi connectivity index (χ1v) is 5.78. The van der Waals surface area contributed by atoms with Crippen LogP contribution < -0.4 is 11.2 Å². The maximum Gasteiger partial charge on any atom is 0.330 e.